The number of pyridine rings is 2. The summed E-state index contributed by atoms with van der Waals surface area (Å²) in [4.78, 5) is 13.4. The molecule has 0 spiro atoms. The van der Waals surface area contributed by atoms with Crippen LogP contribution in [0.25, 0.3) is 11.6 Å². The first-order chi connectivity index (χ1) is 18.6. The normalized spacial score (nSPS) is 13.6. The van der Waals surface area contributed by atoms with Crippen LogP contribution in [-0.2, 0) is 30.1 Å². The van der Waals surface area contributed by atoms with Gasteiger partial charge in [0.2, 0.25) is 11.6 Å². The summed E-state index contributed by atoms with van der Waals surface area (Å²) in [6.07, 6.45) is -20.8. The van der Waals surface area contributed by atoms with Crippen LogP contribution >= 0.6 is 0 Å². The lowest BCUT2D eigenvalue weighted by Gasteiger charge is -2.25. The molecule has 220 valence electrons. The van der Waals surface area contributed by atoms with Crippen molar-refractivity contribution in [2.75, 3.05) is 0 Å². The first kappa shape index (κ1) is 29.9. The van der Waals surface area contributed by atoms with Gasteiger partial charge in [0.05, 0.1) is 11.4 Å². The topological polar surface area (TPSA) is 61.4 Å². The van der Waals surface area contributed by atoms with Gasteiger partial charge in [0, 0.05) is 17.8 Å². The highest BCUT2D eigenvalue weighted by molar-refractivity contribution is 5.38. The van der Waals surface area contributed by atoms with Crippen LogP contribution in [-0.4, -0.2) is 29.1 Å². The Morgan fingerprint density at radius 1 is 0.463 bits per heavy atom. The lowest BCUT2D eigenvalue weighted by atomic mass is 9.84. The molecular weight excluding hydrogens is 588 g/mol. The number of nitrogens with zero attached hydrogens (tertiary/aromatic N) is 6. The van der Waals surface area contributed by atoms with E-state index in [1.807, 2.05) is 0 Å². The maximum atomic E-state index is 13.5. The SMILES string of the molecule is CC(C)(c1cccc(-n2cc(C(F)(F)F)nc2C(F)(F)F)n1)c1cccc(-n2cc(C(F)(F)F)nc2C(F)(F)F)n1. The second-order valence-electron chi connectivity index (χ2n) is 9.02. The van der Waals surface area contributed by atoms with Gasteiger partial charge in [-0.3, -0.25) is 9.13 Å². The van der Waals surface area contributed by atoms with Crippen LogP contribution in [0.1, 0.15) is 48.3 Å². The number of hydrogen-bond donors (Lipinski definition) is 0. The molecule has 0 bridgehead atoms. The Morgan fingerprint density at radius 2 is 0.805 bits per heavy atom. The molecule has 0 unspecified atom stereocenters. The lowest BCUT2D eigenvalue weighted by Crippen LogP contribution is -2.24. The van der Waals surface area contributed by atoms with Crippen molar-refractivity contribution in [3.63, 3.8) is 0 Å². The predicted molar refractivity (Wildman–Crippen MR) is 115 cm³/mol. The summed E-state index contributed by atoms with van der Waals surface area (Å²) in [6.45, 7) is 2.79. The summed E-state index contributed by atoms with van der Waals surface area (Å²) in [6, 6.07) is 6.83. The molecule has 0 aliphatic rings. The van der Waals surface area contributed by atoms with Crippen molar-refractivity contribution in [3.8, 4) is 11.6 Å². The maximum Gasteiger partial charge on any atom is 0.450 e. The molecule has 0 aliphatic heterocycles. The number of aromatic nitrogens is 6. The second kappa shape index (κ2) is 9.47. The van der Waals surface area contributed by atoms with Crippen molar-refractivity contribution in [2.45, 2.75) is 44.0 Å². The van der Waals surface area contributed by atoms with Crippen molar-refractivity contribution in [2.24, 2.45) is 0 Å². The highest BCUT2D eigenvalue weighted by Gasteiger charge is 2.44. The lowest BCUT2D eigenvalue weighted by molar-refractivity contribution is -0.151. The van der Waals surface area contributed by atoms with Crippen molar-refractivity contribution < 1.29 is 52.7 Å². The van der Waals surface area contributed by atoms with Gasteiger partial charge in [-0.2, -0.15) is 52.7 Å². The van der Waals surface area contributed by atoms with Crippen LogP contribution in [0, 0.1) is 0 Å². The Bertz CT molecular complexity index is 1460. The molecule has 0 saturated carbocycles. The molecule has 0 aromatic carbocycles. The Balaban J connectivity index is 1.82. The monoisotopic (exact) mass is 602 g/mol. The first-order valence-corrected chi connectivity index (χ1v) is 11.0. The van der Waals surface area contributed by atoms with Crippen molar-refractivity contribution in [1.29, 1.82) is 0 Å². The predicted octanol–water partition coefficient (Wildman–Crippen LogP) is 7.25. The van der Waals surface area contributed by atoms with Gasteiger partial charge in [0.1, 0.15) is 11.6 Å². The number of halogens is 12. The molecule has 6 nitrogen and oxygen atoms in total. The minimum absolute atomic E-state index is 0.0893. The van der Waals surface area contributed by atoms with Gasteiger partial charge in [-0.1, -0.05) is 12.1 Å². The zero-order valence-electron chi connectivity index (χ0n) is 20.3. The van der Waals surface area contributed by atoms with Gasteiger partial charge in [-0.05, 0) is 38.1 Å². The Kier molecular flexibility index (Phi) is 6.90. The van der Waals surface area contributed by atoms with Gasteiger partial charge in [-0.15, -0.1) is 0 Å². The smallest absolute Gasteiger partial charge is 0.280 e. The van der Waals surface area contributed by atoms with Gasteiger partial charge < -0.3 is 0 Å². The highest BCUT2D eigenvalue weighted by atomic mass is 19.4. The number of alkyl halides is 12. The fourth-order valence-corrected chi connectivity index (χ4v) is 3.73. The first-order valence-electron chi connectivity index (χ1n) is 11.0. The van der Waals surface area contributed by atoms with Crippen LogP contribution in [0.3, 0.4) is 0 Å². The van der Waals surface area contributed by atoms with Crippen LogP contribution in [0.5, 0.6) is 0 Å². The molecule has 4 aromatic heterocycles. The molecule has 41 heavy (non-hydrogen) atoms. The van der Waals surface area contributed by atoms with E-state index in [0.29, 0.717) is 0 Å². The van der Waals surface area contributed by atoms with E-state index in [0.717, 1.165) is 12.1 Å². The molecule has 0 radical (unpaired) electrons. The van der Waals surface area contributed by atoms with Crippen LogP contribution in [0.2, 0.25) is 0 Å². The zero-order chi connectivity index (χ0) is 30.8. The van der Waals surface area contributed by atoms with Gasteiger partial charge >= 0.3 is 24.7 Å². The van der Waals surface area contributed by atoms with Crippen LogP contribution in [0.4, 0.5) is 52.7 Å². The molecule has 0 amide bonds. The van der Waals surface area contributed by atoms with Crippen molar-refractivity contribution >= 4 is 0 Å². The Hall–Kier alpha value is -4.12. The average molecular weight is 602 g/mol. The van der Waals surface area contributed by atoms with E-state index in [1.165, 1.54) is 38.1 Å². The summed E-state index contributed by atoms with van der Waals surface area (Å²) in [5, 5.41) is 0. The molecular formula is C23H14F12N6. The molecule has 4 aromatic rings. The minimum atomic E-state index is -5.30. The second-order valence-corrected chi connectivity index (χ2v) is 9.02. The van der Waals surface area contributed by atoms with Crippen molar-refractivity contribution in [1.82, 2.24) is 29.1 Å². The number of hydrogen-bond acceptors (Lipinski definition) is 4. The Labute approximate surface area is 221 Å². The molecule has 0 N–H and O–H groups in total. The van der Waals surface area contributed by atoms with Gasteiger partial charge in [0.25, 0.3) is 0 Å². The molecule has 0 atom stereocenters. The quantitative estimate of drug-likeness (QED) is 0.231. The largest absolute Gasteiger partial charge is 0.450 e. The van der Waals surface area contributed by atoms with Gasteiger partial charge in [-0.25, -0.2) is 19.9 Å². The van der Waals surface area contributed by atoms with Crippen LogP contribution in [0.15, 0.2) is 48.8 Å². The van der Waals surface area contributed by atoms with E-state index < -0.39 is 64.8 Å². The molecule has 4 heterocycles. The van der Waals surface area contributed by atoms with E-state index in [1.54, 1.807) is 0 Å². The van der Waals surface area contributed by atoms with Crippen LogP contribution < -0.4 is 0 Å². The van der Waals surface area contributed by atoms with E-state index in [2.05, 4.69) is 19.9 Å². The summed E-state index contributed by atoms with van der Waals surface area (Å²) in [7, 11) is 0. The third-order valence-electron chi connectivity index (χ3n) is 5.74. The Morgan fingerprint density at radius 3 is 1.10 bits per heavy atom. The molecule has 0 fully saturated rings. The summed E-state index contributed by atoms with van der Waals surface area (Å²) in [5.41, 5.74) is -5.28. The van der Waals surface area contributed by atoms with E-state index in [4.69, 9.17) is 0 Å². The molecule has 4 rings (SSSR count). The third-order valence-corrected chi connectivity index (χ3v) is 5.74. The number of rotatable bonds is 4. The average Bonchev–Trinajstić information content (AvgIpc) is 3.50. The fourth-order valence-electron chi connectivity index (χ4n) is 3.73. The summed E-state index contributed by atoms with van der Waals surface area (Å²) >= 11 is 0. The fraction of sp³-hybridized carbons (Fsp3) is 0.304. The minimum Gasteiger partial charge on any atom is -0.280 e. The van der Waals surface area contributed by atoms with E-state index >= 15 is 0 Å². The van der Waals surface area contributed by atoms with Gasteiger partial charge in [0.15, 0.2) is 11.4 Å². The van der Waals surface area contributed by atoms with E-state index in [-0.39, 0.29) is 32.9 Å². The van der Waals surface area contributed by atoms with Crippen molar-refractivity contribution in [3.05, 3.63) is 83.2 Å². The summed E-state index contributed by atoms with van der Waals surface area (Å²) in [5.74, 6) is -5.06. The third kappa shape index (κ3) is 5.85. The van der Waals surface area contributed by atoms with E-state index in [9.17, 15) is 52.7 Å². The number of imidazole rings is 2. The molecule has 0 aliphatic carbocycles. The molecule has 18 heteroatoms. The maximum absolute atomic E-state index is 13.5. The standard InChI is InChI=1S/C23H14F12N6/c1-19(2,11-5-3-7-15(36-11)40-9-13(20(24,25)26)38-17(40)22(30,31)32)12-6-4-8-16(37-12)41-10-14(21(27,28)29)39-18(41)23(33,34)35/h3-10H,1-2H3. The highest BCUT2D eigenvalue weighted by Crippen LogP contribution is 2.38. The summed E-state index contributed by atoms with van der Waals surface area (Å²) < 4.78 is 160. The zero-order valence-corrected chi connectivity index (χ0v) is 20.3. The molecule has 0 saturated heterocycles.